The lowest BCUT2D eigenvalue weighted by molar-refractivity contribution is 0.101. The van der Waals surface area contributed by atoms with Gasteiger partial charge in [0.25, 0.3) is 5.91 Å². The molecule has 1 N–H and O–H groups in total. The topological polar surface area (TPSA) is 59.8 Å². The van der Waals surface area contributed by atoms with Gasteiger partial charge in [-0.1, -0.05) is 29.8 Å². The summed E-state index contributed by atoms with van der Waals surface area (Å²) >= 11 is 5.88. The van der Waals surface area contributed by atoms with E-state index in [0.29, 0.717) is 22.1 Å². The first-order chi connectivity index (χ1) is 14.0. The Morgan fingerprint density at radius 1 is 1.00 bits per heavy atom. The van der Waals surface area contributed by atoms with E-state index in [1.165, 1.54) is 12.1 Å². The van der Waals surface area contributed by atoms with E-state index in [0.717, 1.165) is 11.3 Å². The van der Waals surface area contributed by atoms with Gasteiger partial charge in [0.2, 0.25) is 5.82 Å². The van der Waals surface area contributed by atoms with E-state index in [9.17, 15) is 9.18 Å². The van der Waals surface area contributed by atoms with Gasteiger partial charge in [-0.2, -0.15) is 0 Å². The third kappa shape index (κ3) is 4.02. The molecule has 0 saturated heterocycles. The molecule has 0 aliphatic heterocycles. The fraction of sp³-hybridized carbons (Fsp3) is 0.0455. The Balaban J connectivity index is 1.76. The molecule has 1 heterocycles. The van der Waals surface area contributed by atoms with Gasteiger partial charge in [-0.3, -0.25) is 4.79 Å². The van der Waals surface area contributed by atoms with E-state index in [-0.39, 0.29) is 11.6 Å². The summed E-state index contributed by atoms with van der Waals surface area (Å²) in [5.41, 5.74) is 2.97. The molecule has 29 heavy (non-hydrogen) atoms. The van der Waals surface area contributed by atoms with Crippen molar-refractivity contribution < 1.29 is 9.18 Å². The van der Waals surface area contributed by atoms with E-state index < -0.39 is 5.91 Å². The molecule has 4 rings (SSSR count). The number of amides is 1. The van der Waals surface area contributed by atoms with Gasteiger partial charge in [-0.15, -0.1) is 5.10 Å². The number of anilines is 1. The van der Waals surface area contributed by atoms with Crippen LogP contribution in [0.25, 0.3) is 17.1 Å². The first kappa shape index (κ1) is 18.8. The second-order valence-corrected chi connectivity index (χ2v) is 6.86. The fourth-order valence-electron chi connectivity index (χ4n) is 2.88. The number of halogens is 2. The number of benzene rings is 3. The standard InChI is InChI=1S/C22H16ClFN4O/c1-14-4-2-3-5-19(14)28-21(15-6-10-17(24)11-7-15)26-20(27-28)22(29)25-18-12-8-16(23)9-13-18/h2-13H,1H3,(H,25,29). The minimum atomic E-state index is -0.456. The average molecular weight is 407 g/mol. The van der Waals surface area contributed by atoms with E-state index >= 15 is 0 Å². The Labute approximate surface area is 171 Å². The summed E-state index contributed by atoms with van der Waals surface area (Å²) in [7, 11) is 0. The monoisotopic (exact) mass is 406 g/mol. The number of nitrogens with zero attached hydrogens (tertiary/aromatic N) is 3. The molecular formula is C22H16ClFN4O. The molecule has 144 valence electrons. The molecule has 0 radical (unpaired) electrons. The van der Waals surface area contributed by atoms with Gasteiger partial charge < -0.3 is 5.32 Å². The van der Waals surface area contributed by atoms with Crippen molar-refractivity contribution in [3.8, 4) is 17.1 Å². The fourth-order valence-corrected chi connectivity index (χ4v) is 3.01. The van der Waals surface area contributed by atoms with Gasteiger partial charge in [0.15, 0.2) is 5.82 Å². The number of hydrogen-bond donors (Lipinski definition) is 1. The highest BCUT2D eigenvalue weighted by molar-refractivity contribution is 6.30. The van der Waals surface area contributed by atoms with Crippen LogP contribution in [0.4, 0.5) is 10.1 Å². The van der Waals surface area contributed by atoms with Crippen molar-refractivity contribution in [2.45, 2.75) is 6.92 Å². The lowest BCUT2D eigenvalue weighted by Crippen LogP contribution is -2.14. The van der Waals surface area contributed by atoms with Crippen LogP contribution in [0.2, 0.25) is 5.02 Å². The van der Waals surface area contributed by atoms with Gasteiger partial charge in [0, 0.05) is 16.3 Å². The highest BCUT2D eigenvalue weighted by atomic mass is 35.5. The highest BCUT2D eigenvalue weighted by Crippen LogP contribution is 2.24. The summed E-state index contributed by atoms with van der Waals surface area (Å²) in [6, 6.07) is 20.3. The molecule has 0 aliphatic carbocycles. The Hall–Kier alpha value is -3.51. The van der Waals surface area contributed by atoms with Crippen molar-refractivity contribution in [1.82, 2.24) is 14.8 Å². The molecule has 5 nitrogen and oxygen atoms in total. The maximum absolute atomic E-state index is 13.4. The maximum atomic E-state index is 13.4. The SMILES string of the molecule is Cc1ccccc1-n1nc(C(=O)Nc2ccc(Cl)cc2)nc1-c1ccc(F)cc1. The van der Waals surface area contributed by atoms with E-state index in [1.807, 2.05) is 31.2 Å². The highest BCUT2D eigenvalue weighted by Gasteiger charge is 2.20. The predicted molar refractivity (Wildman–Crippen MR) is 111 cm³/mol. The Bertz CT molecular complexity index is 1170. The first-order valence-electron chi connectivity index (χ1n) is 8.87. The second kappa shape index (κ2) is 7.85. The third-order valence-corrected chi connectivity index (χ3v) is 4.61. The van der Waals surface area contributed by atoms with Gasteiger partial charge >= 0.3 is 0 Å². The number of para-hydroxylation sites is 1. The molecule has 0 fully saturated rings. The van der Waals surface area contributed by atoms with Crippen molar-refractivity contribution in [3.63, 3.8) is 0 Å². The lowest BCUT2D eigenvalue weighted by Gasteiger charge is -2.08. The van der Waals surface area contributed by atoms with Crippen LogP contribution in [0.5, 0.6) is 0 Å². The smallest absolute Gasteiger partial charge is 0.295 e. The van der Waals surface area contributed by atoms with E-state index in [2.05, 4.69) is 15.4 Å². The molecular weight excluding hydrogens is 391 g/mol. The molecule has 1 aromatic heterocycles. The lowest BCUT2D eigenvalue weighted by atomic mass is 10.1. The van der Waals surface area contributed by atoms with Crippen molar-refractivity contribution in [3.05, 3.63) is 95.0 Å². The zero-order valence-corrected chi connectivity index (χ0v) is 16.2. The van der Waals surface area contributed by atoms with Crippen LogP contribution in [0, 0.1) is 12.7 Å². The molecule has 3 aromatic carbocycles. The normalized spacial score (nSPS) is 10.7. The van der Waals surface area contributed by atoms with Gasteiger partial charge in [-0.25, -0.2) is 14.1 Å². The quantitative estimate of drug-likeness (QED) is 0.501. The first-order valence-corrected chi connectivity index (χ1v) is 9.25. The van der Waals surface area contributed by atoms with Crippen molar-refractivity contribution in [2.24, 2.45) is 0 Å². The molecule has 0 spiro atoms. The van der Waals surface area contributed by atoms with Crippen LogP contribution >= 0.6 is 11.6 Å². The number of rotatable bonds is 4. The Kier molecular flexibility index (Phi) is 5.10. The van der Waals surface area contributed by atoms with Crippen LogP contribution < -0.4 is 5.32 Å². The van der Waals surface area contributed by atoms with Crippen LogP contribution in [0.1, 0.15) is 16.2 Å². The maximum Gasteiger partial charge on any atom is 0.295 e. The number of carbonyl (C=O) groups excluding carboxylic acids is 1. The van der Waals surface area contributed by atoms with Gasteiger partial charge in [0.1, 0.15) is 5.82 Å². The number of hydrogen-bond acceptors (Lipinski definition) is 3. The largest absolute Gasteiger partial charge is 0.319 e. The molecule has 0 atom stereocenters. The zero-order chi connectivity index (χ0) is 20.4. The predicted octanol–water partition coefficient (Wildman–Crippen LogP) is 5.29. The van der Waals surface area contributed by atoms with Gasteiger partial charge in [-0.05, 0) is 67.1 Å². The molecule has 0 aliphatic rings. The van der Waals surface area contributed by atoms with Crippen LogP contribution in [-0.2, 0) is 0 Å². The molecule has 0 bridgehead atoms. The summed E-state index contributed by atoms with van der Waals surface area (Å²) < 4.78 is 15.0. The summed E-state index contributed by atoms with van der Waals surface area (Å²) in [6.07, 6.45) is 0. The summed E-state index contributed by atoms with van der Waals surface area (Å²) in [6.45, 7) is 1.94. The number of aromatic nitrogens is 3. The number of nitrogens with one attached hydrogen (secondary N) is 1. The minimum absolute atomic E-state index is 0.00234. The number of carbonyl (C=O) groups is 1. The average Bonchev–Trinajstić information content (AvgIpc) is 3.16. The van der Waals surface area contributed by atoms with Crippen molar-refractivity contribution in [1.29, 1.82) is 0 Å². The van der Waals surface area contributed by atoms with Crippen LogP contribution in [0.15, 0.2) is 72.8 Å². The minimum Gasteiger partial charge on any atom is -0.319 e. The number of aryl methyl sites for hydroxylation is 1. The second-order valence-electron chi connectivity index (χ2n) is 6.43. The Morgan fingerprint density at radius 2 is 1.69 bits per heavy atom. The summed E-state index contributed by atoms with van der Waals surface area (Å²) in [5.74, 6) is -0.359. The molecule has 4 aromatic rings. The van der Waals surface area contributed by atoms with Crippen molar-refractivity contribution in [2.75, 3.05) is 5.32 Å². The van der Waals surface area contributed by atoms with Gasteiger partial charge in [0.05, 0.1) is 5.69 Å². The van der Waals surface area contributed by atoms with Crippen molar-refractivity contribution >= 4 is 23.2 Å². The molecule has 0 saturated carbocycles. The van der Waals surface area contributed by atoms with E-state index in [4.69, 9.17) is 11.6 Å². The van der Waals surface area contributed by atoms with E-state index in [1.54, 1.807) is 41.1 Å². The third-order valence-electron chi connectivity index (χ3n) is 4.36. The molecule has 0 unspecified atom stereocenters. The molecule has 1 amide bonds. The summed E-state index contributed by atoms with van der Waals surface area (Å²) in [4.78, 5) is 17.2. The molecule has 7 heteroatoms. The summed E-state index contributed by atoms with van der Waals surface area (Å²) in [5, 5.41) is 7.76. The Morgan fingerprint density at radius 3 is 2.38 bits per heavy atom. The zero-order valence-electron chi connectivity index (χ0n) is 15.4. The van der Waals surface area contributed by atoms with Crippen LogP contribution in [-0.4, -0.2) is 20.7 Å². The van der Waals surface area contributed by atoms with Crippen LogP contribution in [0.3, 0.4) is 0 Å².